The molecule has 6 heteroatoms. The van der Waals surface area contributed by atoms with Crippen LogP contribution in [-0.4, -0.2) is 44.1 Å². The highest BCUT2D eigenvalue weighted by molar-refractivity contribution is 7.92. The van der Waals surface area contributed by atoms with E-state index in [0.717, 1.165) is 12.8 Å². The van der Waals surface area contributed by atoms with Gasteiger partial charge in [-0.05, 0) is 46.1 Å². The fraction of sp³-hybridized carbons (Fsp3) is 0.933. The van der Waals surface area contributed by atoms with E-state index in [1.165, 1.54) is 0 Å². The van der Waals surface area contributed by atoms with Gasteiger partial charge in [0.25, 0.3) is 0 Å². The summed E-state index contributed by atoms with van der Waals surface area (Å²) in [4.78, 5) is 11.9. The quantitative estimate of drug-likeness (QED) is 0.801. The Morgan fingerprint density at radius 1 is 1.33 bits per heavy atom. The summed E-state index contributed by atoms with van der Waals surface area (Å²) < 4.78 is 30.3. The topological polar surface area (TPSA) is 72.5 Å². The number of rotatable bonds is 4. The van der Waals surface area contributed by atoms with Gasteiger partial charge in [-0.1, -0.05) is 20.3 Å². The first-order valence-corrected chi connectivity index (χ1v) is 9.21. The molecule has 0 saturated heterocycles. The maximum Gasteiger partial charge on any atom is 0.321 e. The fourth-order valence-corrected chi connectivity index (χ4v) is 5.24. The molecule has 0 aliphatic heterocycles. The summed E-state index contributed by atoms with van der Waals surface area (Å²) in [6, 6.07) is -0.140. The molecule has 124 valence electrons. The largest absolute Gasteiger partial charge is 0.459 e. The Hall–Kier alpha value is -0.620. The van der Waals surface area contributed by atoms with E-state index in [2.05, 4.69) is 19.2 Å². The summed E-state index contributed by atoms with van der Waals surface area (Å²) in [6.45, 7) is 9.35. The molecule has 1 aliphatic rings. The lowest BCUT2D eigenvalue weighted by Gasteiger charge is -2.43. The lowest BCUT2D eigenvalue weighted by Crippen LogP contribution is -2.55. The number of hydrogen-bond donors (Lipinski definition) is 1. The van der Waals surface area contributed by atoms with Crippen LogP contribution in [0.5, 0.6) is 0 Å². The van der Waals surface area contributed by atoms with Gasteiger partial charge in [0.15, 0.2) is 9.84 Å². The molecule has 0 amide bonds. The number of sulfone groups is 1. The molecule has 5 nitrogen and oxygen atoms in total. The van der Waals surface area contributed by atoms with Crippen molar-refractivity contribution >= 4 is 15.8 Å². The van der Waals surface area contributed by atoms with Crippen molar-refractivity contribution in [2.45, 2.75) is 70.8 Å². The third-order valence-electron chi connectivity index (χ3n) is 4.03. The number of hydrogen-bond acceptors (Lipinski definition) is 5. The third-order valence-corrected chi connectivity index (χ3v) is 6.10. The summed E-state index contributed by atoms with van der Waals surface area (Å²) in [5.74, 6) is -1.20. The van der Waals surface area contributed by atoms with Crippen LogP contribution >= 0.6 is 0 Å². The number of ether oxygens (including phenoxy) is 1. The molecule has 1 rings (SSSR count). The van der Waals surface area contributed by atoms with Crippen molar-refractivity contribution in [3.05, 3.63) is 0 Å². The minimum atomic E-state index is -3.52. The van der Waals surface area contributed by atoms with Gasteiger partial charge < -0.3 is 10.1 Å². The fourth-order valence-electron chi connectivity index (χ4n) is 3.19. The lowest BCUT2D eigenvalue weighted by molar-refractivity contribution is -0.151. The van der Waals surface area contributed by atoms with Gasteiger partial charge in [0.05, 0.1) is 5.25 Å². The van der Waals surface area contributed by atoms with E-state index < -0.39 is 32.4 Å². The van der Waals surface area contributed by atoms with Gasteiger partial charge in [-0.25, -0.2) is 8.42 Å². The average Bonchev–Trinajstić information content (AvgIpc) is 2.23. The highest BCUT2D eigenvalue weighted by atomic mass is 32.2. The minimum absolute atomic E-state index is 0.0985. The maximum atomic E-state index is 12.6. The Bertz CT molecular complexity index is 476. The zero-order valence-corrected chi connectivity index (χ0v) is 14.8. The van der Waals surface area contributed by atoms with Crippen LogP contribution in [0.15, 0.2) is 0 Å². The van der Waals surface area contributed by atoms with E-state index in [1.807, 2.05) is 0 Å². The molecule has 1 fully saturated rings. The van der Waals surface area contributed by atoms with Gasteiger partial charge >= 0.3 is 5.97 Å². The molecule has 0 radical (unpaired) electrons. The summed E-state index contributed by atoms with van der Waals surface area (Å²) in [6.07, 6.45) is 2.44. The standard InChI is InChI=1S/C15H29NO4S/c1-14(2,3)20-12(17)10-21(18,19)11-8-7-9-15(4,5)13(11)16-6/h11,13,16H,7-10H2,1-6H3. The second-order valence-corrected chi connectivity index (χ2v) is 9.80. The van der Waals surface area contributed by atoms with E-state index in [9.17, 15) is 13.2 Å². The average molecular weight is 319 g/mol. The third kappa shape index (κ3) is 4.95. The highest BCUT2D eigenvalue weighted by Gasteiger charge is 2.45. The van der Waals surface area contributed by atoms with Gasteiger partial charge in [0.2, 0.25) is 0 Å². The van der Waals surface area contributed by atoms with Gasteiger partial charge in [-0.15, -0.1) is 0 Å². The molecule has 1 aliphatic carbocycles. The first kappa shape index (κ1) is 18.4. The van der Waals surface area contributed by atoms with Crippen molar-refractivity contribution in [2.75, 3.05) is 12.8 Å². The molecule has 0 aromatic rings. The number of carbonyl (C=O) groups excluding carboxylic acids is 1. The zero-order valence-electron chi connectivity index (χ0n) is 14.0. The molecular weight excluding hydrogens is 290 g/mol. The van der Waals surface area contributed by atoms with Crippen molar-refractivity contribution in [1.82, 2.24) is 5.32 Å². The molecule has 0 bridgehead atoms. The van der Waals surface area contributed by atoms with Crippen molar-refractivity contribution in [3.63, 3.8) is 0 Å². The maximum absolute atomic E-state index is 12.6. The summed E-state index contributed by atoms with van der Waals surface area (Å²) in [5.41, 5.74) is -0.764. The number of carbonyl (C=O) groups is 1. The van der Waals surface area contributed by atoms with E-state index >= 15 is 0 Å². The zero-order chi connectivity index (χ0) is 16.5. The summed E-state index contributed by atoms with van der Waals surface area (Å²) >= 11 is 0. The highest BCUT2D eigenvalue weighted by Crippen LogP contribution is 2.38. The second kappa shape index (κ2) is 6.24. The van der Waals surface area contributed by atoms with Gasteiger partial charge in [0.1, 0.15) is 11.4 Å². The Kier molecular flexibility index (Phi) is 5.48. The summed E-state index contributed by atoms with van der Waals surface area (Å²) in [5, 5.41) is 2.61. The van der Waals surface area contributed by atoms with Crippen LogP contribution in [0.25, 0.3) is 0 Å². The van der Waals surface area contributed by atoms with Gasteiger partial charge in [-0.2, -0.15) is 0 Å². The van der Waals surface area contributed by atoms with Crippen molar-refractivity contribution in [2.24, 2.45) is 5.41 Å². The Balaban J connectivity index is 2.88. The van der Waals surface area contributed by atoms with Crippen LogP contribution in [0.2, 0.25) is 0 Å². The van der Waals surface area contributed by atoms with E-state index in [-0.39, 0.29) is 11.5 Å². The monoisotopic (exact) mass is 319 g/mol. The molecule has 0 spiro atoms. The molecule has 2 unspecified atom stereocenters. The van der Waals surface area contributed by atoms with Crippen molar-refractivity contribution < 1.29 is 17.9 Å². The SMILES string of the molecule is CNC1C(S(=O)(=O)CC(=O)OC(C)(C)C)CCCC1(C)C. The summed E-state index contributed by atoms with van der Waals surface area (Å²) in [7, 11) is -1.74. The normalized spacial score (nSPS) is 26.4. The van der Waals surface area contributed by atoms with Gasteiger partial charge in [0, 0.05) is 6.04 Å². The van der Waals surface area contributed by atoms with E-state index in [1.54, 1.807) is 27.8 Å². The molecule has 0 heterocycles. The first-order valence-electron chi connectivity index (χ1n) is 7.50. The second-order valence-electron chi connectivity index (χ2n) is 7.58. The Morgan fingerprint density at radius 3 is 2.38 bits per heavy atom. The van der Waals surface area contributed by atoms with E-state index in [0.29, 0.717) is 6.42 Å². The molecule has 2 atom stereocenters. The predicted octanol–water partition coefficient (Wildman–Crippen LogP) is 1.91. The van der Waals surface area contributed by atoms with Crippen LogP contribution in [0, 0.1) is 5.41 Å². The molecular formula is C15H29NO4S. The lowest BCUT2D eigenvalue weighted by atomic mass is 9.73. The van der Waals surface area contributed by atoms with Crippen LogP contribution in [-0.2, 0) is 19.4 Å². The minimum Gasteiger partial charge on any atom is -0.459 e. The molecule has 0 aromatic carbocycles. The smallest absolute Gasteiger partial charge is 0.321 e. The Morgan fingerprint density at radius 2 is 1.90 bits per heavy atom. The molecule has 1 saturated carbocycles. The van der Waals surface area contributed by atoms with Crippen LogP contribution in [0.3, 0.4) is 0 Å². The van der Waals surface area contributed by atoms with E-state index in [4.69, 9.17) is 4.74 Å². The predicted molar refractivity (Wildman–Crippen MR) is 83.9 cm³/mol. The Labute approximate surface area is 128 Å². The van der Waals surface area contributed by atoms with Crippen molar-refractivity contribution in [1.29, 1.82) is 0 Å². The molecule has 1 N–H and O–H groups in total. The molecule has 21 heavy (non-hydrogen) atoms. The van der Waals surface area contributed by atoms with Crippen molar-refractivity contribution in [3.8, 4) is 0 Å². The van der Waals surface area contributed by atoms with Crippen LogP contribution < -0.4 is 5.32 Å². The number of nitrogens with one attached hydrogen (secondary N) is 1. The van der Waals surface area contributed by atoms with Gasteiger partial charge in [-0.3, -0.25) is 4.79 Å². The first-order chi connectivity index (χ1) is 9.39. The molecule has 0 aromatic heterocycles. The number of esters is 1. The van der Waals surface area contributed by atoms with Crippen LogP contribution in [0.1, 0.15) is 53.9 Å². The van der Waals surface area contributed by atoms with Crippen LogP contribution in [0.4, 0.5) is 0 Å².